The Labute approximate surface area is 218 Å². The van der Waals surface area contributed by atoms with E-state index in [0.717, 1.165) is 7.25 Å². The number of hydrogen-bond acceptors (Lipinski definition) is 0. The Hall–Kier alpha value is -1.66. The Kier molecular flexibility index (Phi) is 5.26. The summed E-state index contributed by atoms with van der Waals surface area (Å²) in [6.45, 7) is 0. The third-order valence-electron chi connectivity index (χ3n) is 8.24. The Balaban J connectivity index is 0.00000103. The monoisotopic (exact) mass is 542 g/mol. The average molecular weight is 545 g/mol. The minimum atomic E-state index is -0.719. The van der Waals surface area contributed by atoms with Crippen LogP contribution in [-0.4, -0.2) is 0 Å². The molecule has 3 aliphatic carbocycles. The molecule has 3 heteroatoms. The molecule has 0 aromatic heterocycles. The first kappa shape index (κ1) is 21.8. The molecule has 4 aromatic carbocycles. The molecule has 2 atom stereocenters. The third kappa shape index (κ3) is 2.86. The summed E-state index contributed by atoms with van der Waals surface area (Å²) in [6, 6.07) is 28.0. The van der Waals surface area contributed by atoms with Gasteiger partial charge in [-0.1, -0.05) is 0 Å². The molecule has 4 aromatic rings. The molecule has 8 rings (SSSR count). The molecular weight excluding hydrogens is 522 g/mol. The van der Waals surface area contributed by atoms with Crippen LogP contribution in [0.15, 0.2) is 83.9 Å². The van der Waals surface area contributed by atoms with Crippen LogP contribution in [0.4, 0.5) is 0 Å². The van der Waals surface area contributed by atoms with E-state index in [0.29, 0.717) is 0 Å². The van der Waals surface area contributed by atoms with Crippen LogP contribution in [-0.2, 0) is 23.2 Å². The first-order valence-electron chi connectivity index (χ1n) is 11.6. The molecule has 0 nitrogen and oxygen atoms in total. The Bertz CT molecular complexity index is 1410. The van der Waals surface area contributed by atoms with Gasteiger partial charge in [0.25, 0.3) is 0 Å². The normalized spacial score (nSPS) is 21.3. The summed E-state index contributed by atoms with van der Waals surface area (Å²) >= 11 is -0.719. The Morgan fingerprint density at radius 3 is 1.45 bits per heavy atom. The second-order valence-corrected chi connectivity index (χ2v) is 13.2. The molecule has 0 N–H and O–H groups in total. The first-order valence-corrected chi connectivity index (χ1v) is 14.5. The molecular formula is C30H22Cl2Zr. The molecule has 1 aliphatic heterocycles. The minimum absolute atomic E-state index is 0. The number of halogens is 2. The molecule has 1 fully saturated rings. The maximum atomic E-state index is 2.50. The molecule has 0 saturated carbocycles. The van der Waals surface area contributed by atoms with E-state index in [1.54, 1.807) is 33.4 Å². The van der Waals surface area contributed by atoms with Crippen molar-refractivity contribution < 1.29 is 48.0 Å². The summed E-state index contributed by atoms with van der Waals surface area (Å²) in [5.41, 5.74) is 13.8. The van der Waals surface area contributed by atoms with Crippen molar-refractivity contribution in [1.29, 1.82) is 0 Å². The quantitative estimate of drug-likeness (QED) is 0.318. The van der Waals surface area contributed by atoms with Gasteiger partial charge >= 0.3 is 195 Å². The van der Waals surface area contributed by atoms with Crippen molar-refractivity contribution in [2.45, 2.75) is 32.9 Å². The molecule has 33 heavy (non-hydrogen) atoms. The Morgan fingerprint density at radius 1 is 0.515 bits per heavy atom. The van der Waals surface area contributed by atoms with Crippen molar-refractivity contribution in [3.05, 3.63) is 106 Å². The molecule has 0 radical (unpaired) electrons. The van der Waals surface area contributed by atoms with Crippen LogP contribution in [0.1, 0.15) is 55.2 Å². The average Bonchev–Trinajstić information content (AvgIpc) is 3.19. The standard InChI is InChI=1S/C30H22.2ClH.Zr/c1-3-7-25-19(5-1)9-13-23-17-21-11-12-22-18-24-14-10-20-6-2-4-8-26(20)30(24)28(22)16-15-27(21)29(23)25;;;/h1-10,13-14,17-18H,11-12,15-16H2;2*1H;/q;;;+2/p-2. The van der Waals surface area contributed by atoms with Crippen LogP contribution in [0.3, 0.4) is 0 Å². The third-order valence-corrected chi connectivity index (χ3v) is 13.1. The van der Waals surface area contributed by atoms with Gasteiger partial charge in [0.2, 0.25) is 0 Å². The molecule has 2 bridgehead atoms. The number of benzene rings is 4. The molecule has 2 unspecified atom stereocenters. The first-order chi connectivity index (χ1) is 15.4. The van der Waals surface area contributed by atoms with E-state index in [4.69, 9.17) is 0 Å². The van der Waals surface area contributed by atoms with Crippen molar-refractivity contribution >= 4 is 32.7 Å². The zero-order valence-corrected chi connectivity index (χ0v) is 22.1. The predicted molar refractivity (Wildman–Crippen MR) is 126 cm³/mol. The van der Waals surface area contributed by atoms with E-state index in [1.165, 1.54) is 47.2 Å². The summed E-state index contributed by atoms with van der Waals surface area (Å²) in [5.74, 6) is 0. The van der Waals surface area contributed by atoms with Crippen molar-refractivity contribution in [1.82, 2.24) is 0 Å². The molecule has 160 valence electrons. The second-order valence-electron chi connectivity index (χ2n) is 9.54. The van der Waals surface area contributed by atoms with E-state index >= 15 is 0 Å². The van der Waals surface area contributed by atoms with Gasteiger partial charge in [0.05, 0.1) is 0 Å². The van der Waals surface area contributed by atoms with Crippen LogP contribution in [0.2, 0.25) is 0 Å². The zero-order chi connectivity index (χ0) is 20.1. The number of hydrogen-bond donors (Lipinski definition) is 0. The summed E-state index contributed by atoms with van der Waals surface area (Å²) < 4.78 is 1.55. The van der Waals surface area contributed by atoms with E-state index < -0.39 is 23.2 Å². The SMILES string of the molecule is [Cl-].[Cl-].c1ccc2c3c(ccc2c1)[CH]1[Zr+2][CH]2C4=C(CCC3=C1CC4)c1c2ccc2ccccc12. The van der Waals surface area contributed by atoms with E-state index in [2.05, 4.69) is 72.8 Å². The van der Waals surface area contributed by atoms with Gasteiger partial charge in [0.15, 0.2) is 0 Å². The van der Waals surface area contributed by atoms with Crippen molar-refractivity contribution in [3.63, 3.8) is 0 Å². The van der Waals surface area contributed by atoms with Crippen LogP contribution in [0, 0.1) is 0 Å². The van der Waals surface area contributed by atoms with Gasteiger partial charge in [-0.2, -0.15) is 0 Å². The fourth-order valence-electron chi connectivity index (χ4n) is 7.00. The topological polar surface area (TPSA) is 0 Å². The summed E-state index contributed by atoms with van der Waals surface area (Å²) in [7, 11) is 0. The zero-order valence-electron chi connectivity index (χ0n) is 18.2. The number of fused-ring (bicyclic) bond motifs is 11. The summed E-state index contributed by atoms with van der Waals surface area (Å²) in [5, 5.41) is 5.82. The van der Waals surface area contributed by atoms with Crippen LogP contribution < -0.4 is 24.8 Å². The maximum absolute atomic E-state index is 2.50. The van der Waals surface area contributed by atoms with Gasteiger partial charge in [-0.3, -0.25) is 0 Å². The molecule has 4 aliphatic rings. The van der Waals surface area contributed by atoms with Crippen LogP contribution in [0.5, 0.6) is 0 Å². The van der Waals surface area contributed by atoms with E-state index in [1.807, 2.05) is 11.1 Å². The molecule has 1 heterocycles. The van der Waals surface area contributed by atoms with Gasteiger partial charge in [-0.25, -0.2) is 0 Å². The second kappa shape index (κ2) is 7.95. The van der Waals surface area contributed by atoms with Gasteiger partial charge in [0, 0.05) is 0 Å². The van der Waals surface area contributed by atoms with Crippen molar-refractivity contribution in [2.75, 3.05) is 0 Å². The fourth-order valence-corrected chi connectivity index (χ4v) is 12.4. The fraction of sp³-hybridized carbons (Fsp3) is 0.200. The van der Waals surface area contributed by atoms with E-state index in [-0.39, 0.29) is 24.8 Å². The van der Waals surface area contributed by atoms with E-state index in [9.17, 15) is 0 Å². The van der Waals surface area contributed by atoms with Crippen molar-refractivity contribution in [3.8, 4) is 0 Å². The molecule has 0 spiro atoms. The van der Waals surface area contributed by atoms with Gasteiger partial charge in [-0.15, -0.1) is 0 Å². The van der Waals surface area contributed by atoms with Crippen LogP contribution >= 0.6 is 0 Å². The van der Waals surface area contributed by atoms with Crippen molar-refractivity contribution in [2.24, 2.45) is 0 Å². The Morgan fingerprint density at radius 2 is 0.970 bits per heavy atom. The predicted octanol–water partition coefficient (Wildman–Crippen LogP) is 1.99. The number of allylic oxidation sites excluding steroid dienone is 4. The number of rotatable bonds is 0. The summed E-state index contributed by atoms with van der Waals surface area (Å²) in [4.78, 5) is 0. The van der Waals surface area contributed by atoms with Gasteiger partial charge in [0.1, 0.15) is 0 Å². The molecule has 1 saturated heterocycles. The summed E-state index contributed by atoms with van der Waals surface area (Å²) in [6.07, 6.45) is 5.04. The molecule has 0 amide bonds. The van der Waals surface area contributed by atoms with Crippen LogP contribution in [0.25, 0.3) is 32.7 Å². The van der Waals surface area contributed by atoms with Gasteiger partial charge in [-0.05, 0) is 0 Å². The van der Waals surface area contributed by atoms with Gasteiger partial charge < -0.3 is 24.8 Å².